The molecule has 1 fully saturated rings. The fourth-order valence-corrected chi connectivity index (χ4v) is 3.80. The number of hydrogen-bond acceptors (Lipinski definition) is 3. The van der Waals surface area contributed by atoms with Crippen molar-refractivity contribution in [2.45, 2.75) is 19.6 Å². The van der Waals surface area contributed by atoms with Gasteiger partial charge < -0.3 is 5.32 Å². The lowest BCUT2D eigenvalue weighted by atomic mass is 11.0. The molecule has 1 saturated heterocycles. The number of rotatable bonds is 3. The Balaban J connectivity index is 2.20. The van der Waals surface area contributed by atoms with Crippen molar-refractivity contribution in [3.05, 3.63) is 10.4 Å². The quantitative estimate of drug-likeness (QED) is 0.733. The summed E-state index contributed by atoms with van der Waals surface area (Å²) in [7, 11) is -0.903. The van der Waals surface area contributed by atoms with Crippen molar-refractivity contribution in [2.24, 2.45) is 0 Å². The van der Waals surface area contributed by atoms with Crippen molar-refractivity contribution >= 4 is 31.6 Å². The van der Waals surface area contributed by atoms with Gasteiger partial charge in [-0.2, -0.15) is 0 Å². The third kappa shape index (κ3) is 4.47. The summed E-state index contributed by atoms with van der Waals surface area (Å²) in [4.78, 5) is 0. The van der Waals surface area contributed by atoms with Crippen LogP contribution < -0.4 is 5.32 Å². The van der Waals surface area contributed by atoms with Crippen molar-refractivity contribution in [1.29, 1.82) is 0 Å². The van der Waals surface area contributed by atoms with Crippen LogP contribution in [0, 0.1) is 0 Å². The van der Waals surface area contributed by atoms with E-state index in [0.717, 1.165) is 0 Å². The van der Waals surface area contributed by atoms with Crippen molar-refractivity contribution in [3.8, 4) is 0 Å². The highest BCUT2D eigenvalue weighted by molar-refractivity contribution is 8.25. The number of thioether (sulfide) groups is 2. The van der Waals surface area contributed by atoms with E-state index in [0.29, 0.717) is 0 Å². The average molecular weight is 219 g/mol. The summed E-state index contributed by atoms with van der Waals surface area (Å²) in [6, 6.07) is 0. The van der Waals surface area contributed by atoms with E-state index < -0.39 is 8.07 Å². The van der Waals surface area contributed by atoms with Gasteiger partial charge in [0.1, 0.15) is 0 Å². The molecular weight excluding hydrogens is 202 g/mol. The Labute approximate surface area is 84.8 Å². The maximum Gasteiger partial charge on any atom is 0.0662 e. The molecule has 0 aromatic heterocycles. The number of hydrogen-bond donors (Lipinski definition) is 1. The molecule has 4 heteroatoms. The Bertz CT molecular complexity index is 166. The minimum absolute atomic E-state index is 0.903. The van der Waals surface area contributed by atoms with Crippen molar-refractivity contribution in [2.75, 3.05) is 17.7 Å². The lowest BCUT2D eigenvalue weighted by Gasteiger charge is -2.15. The van der Waals surface area contributed by atoms with E-state index in [-0.39, 0.29) is 0 Å². The van der Waals surface area contributed by atoms with E-state index in [2.05, 4.69) is 31.2 Å². The summed E-state index contributed by atoms with van der Waals surface area (Å²) in [5.74, 6) is 2.57. The summed E-state index contributed by atoms with van der Waals surface area (Å²) in [6.45, 7) is 7.15. The summed E-state index contributed by atoms with van der Waals surface area (Å²) in [6.07, 6.45) is 3.39. The molecule has 1 N–H and O–H groups in total. The molecule has 1 rings (SSSR count). The SMILES string of the molecule is C[Si](C)(C)CNC=C1SCCS1. The van der Waals surface area contributed by atoms with Crippen LogP contribution in [0.2, 0.25) is 19.6 Å². The van der Waals surface area contributed by atoms with Gasteiger partial charge in [-0.3, -0.25) is 0 Å². The first-order chi connectivity index (χ1) is 5.58. The highest BCUT2D eigenvalue weighted by Crippen LogP contribution is 2.35. The first kappa shape index (κ1) is 10.5. The molecular formula is C8H17NS2Si. The van der Waals surface area contributed by atoms with Gasteiger partial charge in [0.05, 0.1) is 12.3 Å². The van der Waals surface area contributed by atoms with Crippen LogP contribution >= 0.6 is 23.5 Å². The standard InChI is InChI=1S/C8H17NS2Si/c1-12(2,3)7-9-6-8-10-4-5-11-8/h6,9H,4-5,7H2,1-3H3. The summed E-state index contributed by atoms with van der Waals surface area (Å²) >= 11 is 3.94. The second-order valence-corrected chi connectivity index (χ2v) is 12.1. The zero-order chi connectivity index (χ0) is 9.03. The first-order valence-corrected chi connectivity index (χ1v) is 9.95. The highest BCUT2D eigenvalue weighted by Gasteiger charge is 2.12. The predicted molar refractivity (Wildman–Crippen MR) is 64.3 cm³/mol. The Morgan fingerprint density at radius 3 is 2.42 bits per heavy atom. The first-order valence-electron chi connectivity index (χ1n) is 4.27. The van der Waals surface area contributed by atoms with Gasteiger partial charge in [0, 0.05) is 23.9 Å². The van der Waals surface area contributed by atoms with Crippen molar-refractivity contribution < 1.29 is 0 Å². The van der Waals surface area contributed by atoms with Gasteiger partial charge >= 0.3 is 0 Å². The van der Waals surface area contributed by atoms with Gasteiger partial charge in [0.2, 0.25) is 0 Å². The smallest absolute Gasteiger partial charge is 0.0662 e. The molecule has 0 spiro atoms. The topological polar surface area (TPSA) is 12.0 Å². The van der Waals surface area contributed by atoms with E-state index in [1.807, 2.05) is 23.5 Å². The summed E-state index contributed by atoms with van der Waals surface area (Å²) in [5.41, 5.74) is 0. The molecule has 0 bridgehead atoms. The van der Waals surface area contributed by atoms with Gasteiger partial charge in [-0.15, -0.1) is 23.5 Å². The zero-order valence-corrected chi connectivity index (χ0v) is 10.6. The van der Waals surface area contributed by atoms with Gasteiger partial charge in [0.25, 0.3) is 0 Å². The van der Waals surface area contributed by atoms with Crippen LogP contribution in [0.4, 0.5) is 0 Å². The Hall–Kier alpha value is 0.457. The minimum Gasteiger partial charge on any atom is -0.393 e. The van der Waals surface area contributed by atoms with E-state index in [4.69, 9.17) is 0 Å². The molecule has 0 aliphatic carbocycles. The van der Waals surface area contributed by atoms with E-state index in [1.165, 1.54) is 21.9 Å². The highest BCUT2D eigenvalue weighted by atomic mass is 32.2. The third-order valence-corrected chi connectivity index (χ3v) is 5.28. The molecule has 0 radical (unpaired) electrons. The fourth-order valence-electron chi connectivity index (χ4n) is 0.850. The second kappa shape index (κ2) is 4.63. The minimum atomic E-state index is -0.903. The molecule has 1 aliphatic heterocycles. The maximum atomic E-state index is 3.43. The summed E-state index contributed by atoms with van der Waals surface area (Å²) < 4.78 is 1.47. The largest absolute Gasteiger partial charge is 0.393 e. The van der Waals surface area contributed by atoms with E-state index >= 15 is 0 Å². The molecule has 1 heterocycles. The molecule has 0 aromatic rings. The van der Waals surface area contributed by atoms with Crippen molar-refractivity contribution in [1.82, 2.24) is 5.32 Å². The molecule has 0 unspecified atom stereocenters. The lowest BCUT2D eigenvalue weighted by molar-refractivity contribution is 1.02. The number of nitrogens with one attached hydrogen (secondary N) is 1. The molecule has 70 valence electrons. The maximum absolute atomic E-state index is 3.43. The lowest BCUT2D eigenvalue weighted by Crippen LogP contribution is -2.34. The molecule has 0 saturated carbocycles. The van der Waals surface area contributed by atoms with Gasteiger partial charge in [-0.25, -0.2) is 0 Å². The molecule has 1 nitrogen and oxygen atoms in total. The van der Waals surface area contributed by atoms with Crippen LogP contribution in [0.1, 0.15) is 0 Å². The predicted octanol–water partition coefficient (Wildman–Crippen LogP) is 2.73. The Morgan fingerprint density at radius 2 is 1.92 bits per heavy atom. The van der Waals surface area contributed by atoms with Crippen LogP contribution in [0.15, 0.2) is 10.4 Å². The van der Waals surface area contributed by atoms with Gasteiger partial charge in [-0.1, -0.05) is 19.6 Å². The molecule has 1 aliphatic rings. The van der Waals surface area contributed by atoms with Crippen LogP contribution in [-0.2, 0) is 0 Å². The molecule has 12 heavy (non-hydrogen) atoms. The third-order valence-electron chi connectivity index (χ3n) is 1.42. The van der Waals surface area contributed by atoms with Crippen LogP contribution in [-0.4, -0.2) is 25.7 Å². The normalized spacial score (nSPS) is 18.1. The Morgan fingerprint density at radius 1 is 1.33 bits per heavy atom. The van der Waals surface area contributed by atoms with Crippen LogP contribution in [0.25, 0.3) is 0 Å². The monoisotopic (exact) mass is 219 g/mol. The van der Waals surface area contributed by atoms with Crippen molar-refractivity contribution in [3.63, 3.8) is 0 Å². The fraction of sp³-hybridized carbons (Fsp3) is 0.750. The van der Waals surface area contributed by atoms with E-state index in [9.17, 15) is 0 Å². The molecule has 0 amide bonds. The van der Waals surface area contributed by atoms with Crippen LogP contribution in [0.3, 0.4) is 0 Å². The second-order valence-electron chi connectivity index (χ2n) is 4.10. The van der Waals surface area contributed by atoms with Gasteiger partial charge in [-0.05, 0) is 0 Å². The molecule has 0 atom stereocenters. The zero-order valence-electron chi connectivity index (χ0n) is 8.02. The molecule has 0 aromatic carbocycles. The van der Waals surface area contributed by atoms with E-state index in [1.54, 1.807) is 0 Å². The Kier molecular flexibility index (Phi) is 4.06. The summed E-state index contributed by atoms with van der Waals surface area (Å²) in [5, 5.41) is 3.43. The van der Waals surface area contributed by atoms with Crippen LogP contribution in [0.5, 0.6) is 0 Å². The van der Waals surface area contributed by atoms with Gasteiger partial charge in [0.15, 0.2) is 0 Å². The average Bonchev–Trinajstić information content (AvgIpc) is 2.36.